The average molecular weight is 394 g/mol. The molecule has 1 aromatic heterocycles. The van der Waals surface area contributed by atoms with Crippen molar-refractivity contribution in [3.63, 3.8) is 0 Å². The van der Waals surface area contributed by atoms with Gasteiger partial charge in [0, 0.05) is 34.6 Å². The molecule has 0 aliphatic carbocycles. The van der Waals surface area contributed by atoms with Crippen LogP contribution in [0.25, 0.3) is 10.9 Å². The molecule has 1 saturated heterocycles. The van der Waals surface area contributed by atoms with Gasteiger partial charge in [0.05, 0.1) is 12.6 Å². The largest absolute Gasteiger partial charge is 0.356 e. The van der Waals surface area contributed by atoms with E-state index in [1.807, 2.05) is 49.4 Å². The van der Waals surface area contributed by atoms with Crippen molar-refractivity contribution in [1.29, 1.82) is 0 Å². The van der Waals surface area contributed by atoms with Crippen molar-refractivity contribution in [3.05, 3.63) is 70.4 Å². The molecule has 2 aliphatic rings. The van der Waals surface area contributed by atoms with Crippen molar-refractivity contribution in [3.8, 4) is 0 Å². The molecule has 142 valence electrons. The molecule has 0 radical (unpaired) electrons. The number of carbonyl (C=O) groups is 2. The maximum absolute atomic E-state index is 13.1. The smallest absolute Gasteiger partial charge is 0.246 e. The van der Waals surface area contributed by atoms with Gasteiger partial charge < -0.3 is 14.8 Å². The highest BCUT2D eigenvalue weighted by atomic mass is 35.5. The normalized spacial score (nSPS) is 21.8. The summed E-state index contributed by atoms with van der Waals surface area (Å²) in [6, 6.07) is 14.8. The summed E-state index contributed by atoms with van der Waals surface area (Å²) >= 11 is 6.09. The predicted octanol–water partition coefficient (Wildman–Crippen LogP) is 3.53. The number of hydrogen-bond acceptors (Lipinski definition) is 2. The second-order valence-corrected chi connectivity index (χ2v) is 7.83. The quantitative estimate of drug-likeness (QED) is 0.724. The van der Waals surface area contributed by atoms with E-state index < -0.39 is 6.04 Å². The Labute approximate surface area is 167 Å². The number of nitrogens with one attached hydrogen (secondary N) is 1. The summed E-state index contributed by atoms with van der Waals surface area (Å²) in [4.78, 5) is 33.2. The summed E-state index contributed by atoms with van der Waals surface area (Å²) in [5, 5.41) is 1.76. The number of hydrogen-bond donors (Lipinski definition) is 1. The van der Waals surface area contributed by atoms with Gasteiger partial charge in [-0.15, -0.1) is 0 Å². The monoisotopic (exact) mass is 393 g/mol. The number of para-hydroxylation sites is 1. The van der Waals surface area contributed by atoms with E-state index in [9.17, 15) is 9.59 Å². The molecule has 2 amide bonds. The number of H-pyrrole nitrogens is 1. The van der Waals surface area contributed by atoms with Crippen LogP contribution in [0.2, 0.25) is 5.02 Å². The molecular formula is C22H20ClN3O2. The Hall–Kier alpha value is -2.79. The summed E-state index contributed by atoms with van der Waals surface area (Å²) in [7, 11) is 0. The molecule has 28 heavy (non-hydrogen) atoms. The Morgan fingerprint density at radius 1 is 1.11 bits per heavy atom. The molecular weight excluding hydrogens is 374 g/mol. The summed E-state index contributed by atoms with van der Waals surface area (Å²) in [5.41, 5.74) is 4.09. The molecule has 2 atom stereocenters. The van der Waals surface area contributed by atoms with Gasteiger partial charge in [0.15, 0.2) is 0 Å². The molecule has 1 N–H and O–H groups in total. The number of likely N-dealkylation sites (N-methyl/N-ethyl adjacent to an activating group) is 1. The number of rotatable bonds is 2. The lowest BCUT2D eigenvalue weighted by molar-refractivity contribution is -0.158. The molecule has 5 nitrogen and oxygen atoms in total. The third-order valence-electron chi connectivity index (χ3n) is 5.91. The van der Waals surface area contributed by atoms with Gasteiger partial charge in [0.25, 0.3) is 0 Å². The SMILES string of the molecule is CCN1CC(=O)N2[C@@H](c3ccc(Cl)cc3)c3[nH]c4ccccc4c3C[C@H]2C1=O. The van der Waals surface area contributed by atoms with Gasteiger partial charge in [-0.2, -0.15) is 0 Å². The second kappa shape index (κ2) is 6.38. The van der Waals surface area contributed by atoms with Crippen molar-refractivity contribution in [2.45, 2.75) is 25.4 Å². The van der Waals surface area contributed by atoms with E-state index in [0.29, 0.717) is 18.0 Å². The fraction of sp³-hybridized carbons (Fsp3) is 0.273. The Morgan fingerprint density at radius 2 is 1.86 bits per heavy atom. The lowest BCUT2D eigenvalue weighted by Crippen LogP contribution is -2.62. The second-order valence-electron chi connectivity index (χ2n) is 7.39. The molecule has 0 spiro atoms. The van der Waals surface area contributed by atoms with E-state index in [4.69, 9.17) is 11.6 Å². The highest BCUT2D eigenvalue weighted by molar-refractivity contribution is 6.30. The summed E-state index contributed by atoms with van der Waals surface area (Å²) in [6.45, 7) is 2.59. The standard InChI is InChI=1S/C22H20ClN3O2/c1-2-25-12-19(27)26-18(22(25)28)11-16-15-5-3-4-6-17(15)24-20(16)21(26)13-7-9-14(23)10-8-13/h3-10,18,21,24H,2,11-12H2,1H3/t18-,21-/m0/s1. The van der Waals surface area contributed by atoms with Crippen LogP contribution in [0, 0.1) is 0 Å². The Kier molecular flexibility index (Phi) is 3.95. The number of aromatic nitrogens is 1. The number of fused-ring (bicyclic) bond motifs is 4. The Morgan fingerprint density at radius 3 is 2.61 bits per heavy atom. The maximum atomic E-state index is 13.1. The Balaban J connectivity index is 1.74. The third-order valence-corrected chi connectivity index (χ3v) is 6.16. The van der Waals surface area contributed by atoms with E-state index in [0.717, 1.165) is 27.7 Å². The zero-order chi connectivity index (χ0) is 19.4. The number of amides is 2. The summed E-state index contributed by atoms with van der Waals surface area (Å²) in [5.74, 6) is 0.00713. The minimum absolute atomic E-state index is 0.0179. The lowest BCUT2D eigenvalue weighted by Gasteiger charge is -2.47. The van der Waals surface area contributed by atoms with E-state index in [2.05, 4.69) is 11.1 Å². The number of aromatic amines is 1. The van der Waals surface area contributed by atoms with Crippen molar-refractivity contribution in [1.82, 2.24) is 14.8 Å². The molecule has 0 bridgehead atoms. The van der Waals surface area contributed by atoms with Gasteiger partial charge >= 0.3 is 0 Å². The summed E-state index contributed by atoms with van der Waals surface area (Å²) < 4.78 is 0. The molecule has 0 saturated carbocycles. The van der Waals surface area contributed by atoms with Crippen LogP contribution in [-0.4, -0.2) is 45.7 Å². The van der Waals surface area contributed by atoms with Gasteiger partial charge in [0.2, 0.25) is 11.8 Å². The highest BCUT2D eigenvalue weighted by Gasteiger charge is 2.47. The van der Waals surface area contributed by atoms with Crippen LogP contribution in [0.4, 0.5) is 0 Å². The maximum Gasteiger partial charge on any atom is 0.246 e. The van der Waals surface area contributed by atoms with Crippen LogP contribution in [-0.2, 0) is 16.0 Å². The van der Waals surface area contributed by atoms with Crippen molar-refractivity contribution in [2.24, 2.45) is 0 Å². The number of benzene rings is 2. The first kappa shape index (κ1) is 17.3. The lowest BCUT2D eigenvalue weighted by atomic mass is 9.86. The van der Waals surface area contributed by atoms with Crippen LogP contribution in [0.1, 0.15) is 29.8 Å². The van der Waals surface area contributed by atoms with Crippen molar-refractivity contribution >= 4 is 34.3 Å². The van der Waals surface area contributed by atoms with Crippen LogP contribution in [0.15, 0.2) is 48.5 Å². The summed E-state index contributed by atoms with van der Waals surface area (Å²) in [6.07, 6.45) is 0.532. The number of nitrogens with zero attached hydrogens (tertiary/aromatic N) is 2. The molecule has 3 aromatic rings. The molecule has 2 aliphatic heterocycles. The van der Waals surface area contributed by atoms with E-state index >= 15 is 0 Å². The fourth-order valence-electron chi connectivity index (χ4n) is 4.58. The van der Waals surface area contributed by atoms with Crippen LogP contribution >= 0.6 is 11.6 Å². The van der Waals surface area contributed by atoms with Crippen LogP contribution in [0.3, 0.4) is 0 Å². The van der Waals surface area contributed by atoms with Gasteiger partial charge in [-0.3, -0.25) is 9.59 Å². The zero-order valence-electron chi connectivity index (χ0n) is 15.5. The van der Waals surface area contributed by atoms with E-state index in [-0.39, 0.29) is 24.4 Å². The fourth-order valence-corrected chi connectivity index (χ4v) is 4.71. The predicted molar refractivity (Wildman–Crippen MR) is 108 cm³/mol. The number of piperazine rings is 1. The van der Waals surface area contributed by atoms with E-state index in [1.165, 1.54) is 0 Å². The minimum atomic E-state index is -0.478. The molecule has 3 heterocycles. The molecule has 2 aromatic carbocycles. The van der Waals surface area contributed by atoms with Gasteiger partial charge in [-0.25, -0.2) is 0 Å². The topological polar surface area (TPSA) is 56.4 Å². The average Bonchev–Trinajstić information content (AvgIpc) is 3.08. The number of carbonyl (C=O) groups excluding carboxylic acids is 2. The minimum Gasteiger partial charge on any atom is -0.356 e. The third kappa shape index (κ3) is 2.46. The first-order valence-electron chi connectivity index (χ1n) is 9.53. The van der Waals surface area contributed by atoms with Crippen LogP contribution in [0.5, 0.6) is 0 Å². The molecule has 1 fully saturated rings. The van der Waals surface area contributed by atoms with Crippen LogP contribution < -0.4 is 0 Å². The number of halogens is 1. The first-order chi connectivity index (χ1) is 13.6. The highest BCUT2D eigenvalue weighted by Crippen LogP contribution is 2.42. The van der Waals surface area contributed by atoms with Gasteiger partial charge in [0.1, 0.15) is 6.04 Å². The van der Waals surface area contributed by atoms with Crippen molar-refractivity contribution < 1.29 is 9.59 Å². The molecule has 6 heteroatoms. The van der Waals surface area contributed by atoms with Gasteiger partial charge in [-0.05, 0) is 36.2 Å². The van der Waals surface area contributed by atoms with Crippen molar-refractivity contribution in [2.75, 3.05) is 13.1 Å². The zero-order valence-corrected chi connectivity index (χ0v) is 16.2. The molecule has 0 unspecified atom stereocenters. The van der Waals surface area contributed by atoms with E-state index in [1.54, 1.807) is 9.80 Å². The Bertz CT molecular complexity index is 1090. The molecule has 5 rings (SSSR count). The van der Waals surface area contributed by atoms with Gasteiger partial charge in [-0.1, -0.05) is 41.9 Å². The first-order valence-corrected chi connectivity index (χ1v) is 9.91.